The number of ether oxygens (including phenoxy) is 1. The van der Waals surface area contributed by atoms with Crippen LogP contribution in [0.5, 0.6) is 0 Å². The second kappa shape index (κ2) is 14.2. The summed E-state index contributed by atoms with van der Waals surface area (Å²) in [5.74, 6) is 1.40. The van der Waals surface area contributed by atoms with E-state index in [0.717, 1.165) is 31.2 Å². The fraction of sp³-hybridized carbons (Fsp3) is 0.682. The maximum Gasteiger partial charge on any atom is 0.411 e. The monoisotopic (exact) mass is 556 g/mol. The lowest BCUT2D eigenvalue weighted by molar-refractivity contribution is -0.176. The van der Waals surface area contributed by atoms with Crippen LogP contribution in [0.2, 0.25) is 0 Å². The van der Waals surface area contributed by atoms with E-state index >= 15 is 0 Å². The molecule has 1 atom stereocenters. The Labute approximate surface area is 201 Å². The summed E-state index contributed by atoms with van der Waals surface area (Å²) in [4.78, 5) is 7.17. The van der Waals surface area contributed by atoms with E-state index in [0.29, 0.717) is 24.1 Å². The van der Waals surface area contributed by atoms with Crippen molar-refractivity contribution in [2.75, 3.05) is 32.8 Å². The molecule has 0 amide bonds. The SMILES string of the molecule is CCNC(=NCc1ccc(COCC(F)(F)F)cc1)NCC1CCCN(C(C)C)C1.I. The Balaban J connectivity index is 0.00000480. The lowest BCUT2D eigenvalue weighted by atomic mass is 9.97. The molecule has 1 aliphatic heterocycles. The summed E-state index contributed by atoms with van der Waals surface area (Å²) < 4.78 is 41.1. The summed E-state index contributed by atoms with van der Waals surface area (Å²) in [7, 11) is 0. The third kappa shape index (κ3) is 11.4. The van der Waals surface area contributed by atoms with Crippen LogP contribution in [0.3, 0.4) is 0 Å². The maximum absolute atomic E-state index is 12.1. The Hall–Kier alpha value is -1.07. The van der Waals surface area contributed by atoms with Crippen LogP contribution in [0.1, 0.15) is 44.7 Å². The Bertz CT molecular complexity index is 653. The summed E-state index contributed by atoms with van der Waals surface area (Å²) in [5, 5.41) is 6.74. The zero-order valence-electron chi connectivity index (χ0n) is 18.7. The largest absolute Gasteiger partial charge is 0.411 e. The highest BCUT2D eigenvalue weighted by Gasteiger charge is 2.27. The summed E-state index contributed by atoms with van der Waals surface area (Å²) in [6.45, 7) is 9.71. The van der Waals surface area contributed by atoms with Crippen LogP contribution in [-0.2, 0) is 17.9 Å². The van der Waals surface area contributed by atoms with Crippen molar-refractivity contribution in [3.8, 4) is 0 Å². The topological polar surface area (TPSA) is 48.9 Å². The molecule has 9 heteroatoms. The van der Waals surface area contributed by atoms with Crippen molar-refractivity contribution in [3.05, 3.63) is 35.4 Å². The fourth-order valence-corrected chi connectivity index (χ4v) is 3.51. The van der Waals surface area contributed by atoms with Gasteiger partial charge < -0.3 is 20.3 Å². The normalized spacial score (nSPS) is 18.0. The first-order valence-electron chi connectivity index (χ1n) is 10.8. The van der Waals surface area contributed by atoms with Crippen LogP contribution in [0.25, 0.3) is 0 Å². The van der Waals surface area contributed by atoms with Gasteiger partial charge in [-0.3, -0.25) is 0 Å². The highest BCUT2D eigenvalue weighted by atomic mass is 127. The van der Waals surface area contributed by atoms with Crippen molar-refractivity contribution in [3.63, 3.8) is 0 Å². The van der Waals surface area contributed by atoms with Crippen molar-refractivity contribution >= 4 is 29.9 Å². The van der Waals surface area contributed by atoms with Crippen molar-refractivity contribution in [2.45, 2.75) is 59.0 Å². The number of rotatable bonds is 9. The number of halogens is 4. The number of likely N-dealkylation sites (tertiary alicyclic amines) is 1. The smallest absolute Gasteiger partial charge is 0.367 e. The molecule has 0 aromatic heterocycles. The van der Waals surface area contributed by atoms with Crippen LogP contribution < -0.4 is 10.6 Å². The van der Waals surface area contributed by atoms with Crippen LogP contribution in [0.15, 0.2) is 29.3 Å². The van der Waals surface area contributed by atoms with E-state index in [9.17, 15) is 13.2 Å². The molecule has 2 N–H and O–H groups in total. The Morgan fingerprint density at radius 2 is 1.87 bits per heavy atom. The van der Waals surface area contributed by atoms with E-state index in [-0.39, 0.29) is 30.6 Å². The summed E-state index contributed by atoms with van der Waals surface area (Å²) >= 11 is 0. The van der Waals surface area contributed by atoms with Gasteiger partial charge in [0.2, 0.25) is 0 Å². The minimum Gasteiger partial charge on any atom is -0.367 e. The molecule has 0 saturated carbocycles. The Morgan fingerprint density at radius 1 is 1.19 bits per heavy atom. The molecule has 1 heterocycles. The number of piperidine rings is 1. The van der Waals surface area contributed by atoms with Crippen molar-refractivity contribution < 1.29 is 17.9 Å². The molecule has 178 valence electrons. The first kappa shape index (κ1) is 28.0. The molecule has 0 radical (unpaired) electrons. The highest BCUT2D eigenvalue weighted by Crippen LogP contribution is 2.18. The van der Waals surface area contributed by atoms with Gasteiger partial charge in [-0.1, -0.05) is 24.3 Å². The number of aliphatic imine (C=N–C) groups is 1. The Kier molecular flexibility index (Phi) is 12.8. The lowest BCUT2D eigenvalue weighted by Crippen LogP contribution is -2.46. The second-order valence-corrected chi connectivity index (χ2v) is 8.10. The molecular weight excluding hydrogens is 520 g/mol. The molecule has 1 aromatic carbocycles. The fourth-order valence-electron chi connectivity index (χ4n) is 3.51. The van der Waals surface area contributed by atoms with Gasteiger partial charge >= 0.3 is 6.18 Å². The van der Waals surface area contributed by atoms with E-state index in [1.807, 2.05) is 19.1 Å². The van der Waals surface area contributed by atoms with E-state index in [1.54, 1.807) is 12.1 Å². The number of benzene rings is 1. The molecule has 2 rings (SSSR count). The zero-order chi connectivity index (χ0) is 22.0. The van der Waals surface area contributed by atoms with Gasteiger partial charge in [-0.2, -0.15) is 13.2 Å². The third-order valence-corrected chi connectivity index (χ3v) is 5.16. The van der Waals surface area contributed by atoms with Gasteiger partial charge in [-0.25, -0.2) is 4.99 Å². The number of alkyl halides is 3. The summed E-state index contributed by atoms with van der Waals surface area (Å²) in [6.07, 6.45) is -1.83. The van der Waals surface area contributed by atoms with Gasteiger partial charge in [0.05, 0.1) is 13.2 Å². The first-order valence-corrected chi connectivity index (χ1v) is 10.8. The van der Waals surface area contributed by atoms with E-state index in [4.69, 9.17) is 0 Å². The van der Waals surface area contributed by atoms with Crippen molar-refractivity contribution in [1.82, 2.24) is 15.5 Å². The van der Waals surface area contributed by atoms with E-state index in [2.05, 4.69) is 39.1 Å². The standard InChI is InChI=1S/C22H35F3N4O.HI/c1-4-26-21(28-13-20-6-5-11-29(14-20)17(2)3)27-12-18-7-9-19(10-8-18)15-30-16-22(23,24)25;/h7-10,17,20H,4-6,11-16H2,1-3H3,(H2,26,27,28);1H. The molecule has 1 fully saturated rings. The molecular formula is C22H36F3IN4O. The number of hydrogen-bond acceptors (Lipinski definition) is 3. The minimum atomic E-state index is -4.30. The summed E-state index contributed by atoms with van der Waals surface area (Å²) in [6, 6.07) is 7.90. The highest BCUT2D eigenvalue weighted by molar-refractivity contribution is 14.0. The van der Waals surface area contributed by atoms with Gasteiger partial charge in [0.1, 0.15) is 6.61 Å². The number of guanidine groups is 1. The van der Waals surface area contributed by atoms with E-state index < -0.39 is 12.8 Å². The quantitative estimate of drug-likeness (QED) is 0.266. The van der Waals surface area contributed by atoms with Crippen LogP contribution in [-0.4, -0.2) is 55.9 Å². The van der Waals surface area contributed by atoms with Crippen molar-refractivity contribution in [2.24, 2.45) is 10.9 Å². The number of nitrogens with zero attached hydrogens (tertiary/aromatic N) is 2. The number of hydrogen-bond donors (Lipinski definition) is 2. The van der Waals surface area contributed by atoms with Crippen LogP contribution in [0.4, 0.5) is 13.2 Å². The molecule has 5 nitrogen and oxygen atoms in total. The molecule has 0 aliphatic carbocycles. The third-order valence-electron chi connectivity index (χ3n) is 5.16. The van der Waals surface area contributed by atoms with Crippen LogP contribution >= 0.6 is 24.0 Å². The molecule has 1 saturated heterocycles. The van der Waals surface area contributed by atoms with Crippen LogP contribution in [0, 0.1) is 5.92 Å². The van der Waals surface area contributed by atoms with Gasteiger partial charge in [0, 0.05) is 25.7 Å². The average molecular weight is 556 g/mol. The predicted octanol–water partition coefficient (Wildman–Crippen LogP) is 4.56. The molecule has 0 bridgehead atoms. The lowest BCUT2D eigenvalue weighted by Gasteiger charge is -2.35. The molecule has 0 spiro atoms. The van der Waals surface area contributed by atoms with Crippen molar-refractivity contribution in [1.29, 1.82) is 0 Å². The predicted molar refractivity (Wildman–Crippen MR) is 130 cm³/mol. The van der Waals surface area contributed by atoms with Gasteiger partial charge in [0.25, 0.3) is 0 Å². The molecule has 1 aromatic rings. The molecule has 1 unspecified atom stereocenters. The molecule has 31 heavy (non-hydrogen) atoms. The minimum absolute atomic E-state index is 0. The maximum atomic E-state index is 12.1. The zero-order valence-corrected chi connectivity index (χ0v) is 21.0. The van der Waals surface area contributed by atoms with Gasteiger partial charge in [0.15, 0.2) is 5.96 Å². The average Bonchev–Trinajstić information content (AvgIpc) is 2.70. The van der Waals surface area contributed by atoms with E-state index in [1.165, 1.54) is 19.4 Å². The Morgan fingerprint density at radius 3 is 2.48 bits per heavy atom. The van der Waals surface area contributed by atoms with Gasteiger partial charge in [-0.05, 0) is 57.2 Å². The van der Waals surface area contributed by atoms with Gasteiger partial charge in [-0.15, -0.1) is 24.0 Å². The molecule has 1 aliphatic rings. The first-order chi connectivity index (χ1) is 14.3. The second-order valence-electron chi connectivity index (χ2n) is 8.10. The number of nitrogens with one attached hydrogen (secondary N) is 2. The summed E-state index contributed by atoms with van der Waals surface area (Å²) in [5.41, 5.74) is 1.71.